The normalized spacial score (nSPS) is 13.5. The van der Waals surface area contributed by atoms with Crippen molar-refractivity contribution in [2.45, 2.75) is 20.8 Å². The average Bonchev–Trinajstić information content (AvgIpc) is 2.98. The van der Waals surface area contributed by atoms with Gasteiger partial charge in [0.15, 0.2) is 6.61 Å². The van der Waals surface area contributed by atoms with E-state index in [0.717, 1.165) is 15.6 Å². The minimum Gasteiger partial charge on any atom is -0.481 e. The van der Waals surface area contributed by atoms with Crippen LogP contribution in [0.2, 0.25) is 0 Å². The summed E-state index contributed by atoms with van der Waals surface area (Å²) in [6.07, 6.45) is 1.86. The first-order valence-electron chi connectivity index (χ1n) is 9.44. The quantitative estimate of drug-likeness (QED) is 0.631. The van der Waals surface area contributed by atoms with E-state index in [9.17, 15) is 15.3 Å². The van der Waals surface area contributed by atoms with E-state index >= 15 is 0 Å². The summed E-state index contributed by atoms with van der Waals surface area (Å²) in [5, 5.41) is 19.2. The Labute approximate surface area is 188 Å². The Kier molecular flexibility index (Phi) is 6.43. The van der Waals surface area contributed by atoms with Gasteiger partial charge in [-0.1, -0.05) is 15.9 Å². The van der Waals surface area contributed by atoms with E-state index in [1.54, 1.807) is 26.0 Å². The molecule has 3 rings (SSSR count). The number of nitrogens with two attached hydrogens (primary N) is 1. The van der Waals surface area contributed by atoms with Gasteiger partial charge in [0.05, 0.1) is 23.4 Å². The molecule has 2 aromatic rings. The zero-order valence-electron chi connectivity index (χ0n) is 17.2. The lowest BCUT2D eigenvalue weighted by molar-refractivity contribution is -0.145. The van der Waals surface area contributed by atoms with Gasteiger partial charge in [0.25, 0.3) is 0 Å². The Morgan fingerprint density at radius 1 is 1.29 bits per heavy atom. The highest BCUT2D eigenvalue weighted by molar-refractivity contribution is 9.10. The van der Waals surface area contributed by atoms with Gasteiger partial charge in [-0.2, -0.15) is 10.5 Å². The van der Waals surface area contributed by atoms with Gasteiger partial charge in [0, 0.05) is 15.6 Å². The molecule has 0 saturated heterocycles. The molecule has 0 amide bonds. The second kappa shape index (κ2) is 9.03. The Balaban J connectivity index is 2.17. The number of rotatable bonds is 5. The number of halogens is 1. The number of hydrogen-bond acceptors (Lipinski definition) is 7. The highest BCUT2D eigenvalue weighted by Crippen LogP contribution is 2.44. The fourth-order valence-electron chi connectivity index (χ4n) is 3.45. The van der Waals surface area contributed by atoms with E-state index in [1.807, 2.05) is 19.1 Å². The number of fused-ring (bicyclic) bond motifs is 1. The van der Waals surface area contributed by atoms with Crippen LogP contribution in [0.15, 0.2) is 28.2 Å². The highest BCUT2D eigenvalue weighted by atomic mass is 79.9. The molecular formula is C23H19BrN4O3. The molecular weight excluding hydrogens is 460 g/mol. The SMILES string of the molecule is CCOC(=O)COc1ccc(Br)cc1C=C1C(C)=C(C#N)c2nc(N)c(C#N)c(C)c21. The minimum absolute atomic E-state index is 0.0986. The van der Waals surface area contributed by atoms with E-state index in [2.05, 4.69) is 33.1 Å². The lowest BCUT2D eigenvalue weighted by Crippen LogP contribution is -2.14. The minimum atomic E-state index is -0.466. The number of aromatic nitrogens is 1. The van der Waals surface area contributed by atoms with Crippen LogP contribution < -0.4 is 10.5 Å². The number of carbonyl (C=O) groups is 1. The molecule has 0 unspecified atom stereocenters. The zero-order chi connectivity index (χ0) is 22.7. The van der Waals surface area contributed by atoms with Crippen LogP contribution in [0.3, 0.4) is 0 Å². The number of nitriles is 2. The summed E-state index contributed by atoms with van der Waals surface area (Å²) in [6, 6.07) is 9.67. The number of carbonyl (C=O) groups excluding carboxylic acids is 1. The van der Waals surface area contributed by atoms with E-state index in [0.29, 0.717) is 33.7 Å². The van der Waals surface area contributed by atoms with Gasteiger partial charge in [0.2, 0.25) is 0 Å². The first-order valence-corrected chi connectivity index (χ1v) is 10.2. The predicted octanol–water partition coefficient (Wildman–Crippen LogP) is 4.40. The maximum atomic E-state index is 11.7. The summed E-state index contributed by atoms with van der Waals surface area (Å²) in [6.45, 7) is 5.39. The third kappa shape index (κ3) is 4.16. The van der Waals surface area contributed by atoms with Crippen molar-refractivity contribution in [2.75, 3.05) is 18.9 Å². The van der Waals surface area contributed by atoms with Gasteiger partial charge < -0.3 is 15.2 Å². The maximum absolute atomic E-state index is 11.7. The van der Waals surface area contributed by atoms with Gasteiger partial charge in [-0.05, 0) is 61.8 Å². The summed E-state index contributed by atoms with van der Waals surface area (Å²) in [5.74, 6) is 0.110. The molecule has 2 N–H and O–H groups in total. The van der Waals surface area contributed by atoms with Crippen molar-refractivity contribution in [1.29, 1.82) is 10.5 Å². The molecule has 8 heteroatoms. The molecule has 156 valence electrons. The molecule has 31 heavy (non-hydrogen) atoms. The van der Waals surface area contributed by atoms with E-state index in [1.165, 1.54) is 0 Å². The van der Waals surface area contributed by atoms with Gasteiger partial charge in [-0.25, -0.2) is 9.78 Å². The van der Waals surface area contributed by atoms with Gasteiger partial charge >= 0.3 is 5.97 Å². The van der Waals surface area contributed by atoms with Crippen molar-refractivity contribution >= 4 is 44.9 Å². The Bertz CT molecular complexity index is 1230. The van der Waals surface area contributed by atoms with E-state index in [-0.39, 0.29) is 24.6 Å². The van der Waals surface area contributed by atoms with Gasteiger partial charge in [0.1, 0.15) is 23.7 Å². The van der Waals surface area contributed by atoms with Gasteiger partial charge in [-0.3, -0.25) is 0 Å². The van der Waals surface area contributed by atoms with Crippen molar-refractivity contribution in [3.8, 4) is 17.9 Å². The summed E-state index contributed by atoms with van der Waals surface area (Å²) in [5.41, 5.74) is 10.6. The van der Waals surface area contributed by atoms with Crippen LogP contribution in [0.1, 0.15) is 41.8 Å². The Morgan fingerprint density at radius 2 is 2.03 bits per heavy atom. The summed E-state index contributed by atoms with van der Waals surface area (Å²) >= 11 is 3.46. The smallest absolute Gasteiger partial charge is 0.344 e. The van der Waals surface area contributed by atoms with Crippen molar-refractivity contribution in [1.82, 2.24) is 4.98 Å². The van der Waals surface area contributed by atoms with Gasteiger partial charge in [-0.15, -0.1) is 0 Å². The molecule has 7 nitrogen and oxygen atoms in total. The molecule has 0 aliphatic heterocycles. The van der Waals surface area contributed by atoms with Crippen LogP contribution in [0, 0.1) is 29.6 Å². The molecule has 1 aromatic carbocycles. The molecule has 1 aromatic heterocycles. The molecule has 0 radical (unpaired) electrons. The number of hydrogen-bond donors (Lipinski definition) is 1. The molecule has 1 aliphatic carbocycles. The number of esters is 1. The topological polar surface area (TPSA) is 122 Å². The second-order valence-corrected chi connectivity index (χ2v) is 7.69. The number of anilines is 1. The van der Waals surface area contributed by atoms with Crippen LogP contribution in [0.5, 0.6) is 5.75 Å². The standard InChI is InChI=1S/C23H19BrN4O3/c1-4-30-20(29)11-31-19-6-5-15(24)7-14(19)8-16-12(2)17(9-25)22-21(16)13(3)18(10-26)23(27)28-22/h5-8H,4,11H2,1-3H3,(H2,27,28). The molecule has 1 aliphatic rings. The van der Waals surface area contributed by atoms with Crippen molar-refractivity contribution in [3.63, 3.8) is 0 Å². The monoisotopic (exact) mass is 478 g/mol. The predicted molar refractivity (Wildman–Crippen MR) is 120 cm³/mol. The fraction of sp³-hybridized carbons (Fsp3) is 0.217. The fourth-order valence-corrected chi connectivity index (χ4v) is 3.83. The van der Waals surface area contributed by atoms with Crippen LogP contribution in [-0.4, -0.2) is 24.2 Å². The Morgan fingerprint density at radius 3 is 2.68 bits per heavy atom. The second-order valence-electron chi connectivity index (χ2n) is 6.78. The maximum Gasteiger partial charge on any atom is 0.344 e. The highest BCUT2D eigenvalue weighted by Gasteiger charge is 2.29. The third-order valence-corrected chi connectivity index (χ3v) is 5.40. The number of allylic oxidation sites excluding steroid dienone is 3. The number of ether oxygens (including phenoxy) is 2. The lowest BCUT2D eigenvalue weighted by Gasteiger charge is -2.13. The molecule has 0 fully saturated rings. The Hall–Kier alpha value is -3.62. The molecule has 0 atom stereocenters. The first-order chi connectivity index (χ1) is 14.8. The molecule has 0 bridgehead atoms. The third-order valence-electron chi connectivity index (χ3n) is 4.91. The van der Waals surface area contributed by atoms with Crippen LogP contribution >= 0.6 is 15.9 Å². The lowest BCUT2D eigenvalue weighted by atomic mass is 9.95. The van der Waals surface area contributed by atoms with Crippen molar-refractivity contribution in [3.05, 3.63) is 56.2 Å². The van der Waals surface area contributed by atoms with E-state index < -0.39 is 5.97 Å². The van der Waals surface area contributed by atoms with E-state index in [4.69, 9.17) is 15.2 Å². The van der Waals surface area contributed by atoms with Crippen LogP contribution in [-0.2, 0) is 9.53 Å². The van der Waals surface area contributed by atoms with Crippen molar-refractivity contribution in [2.24, 2.45) is 0 Å². The summed E-state index contributed by atoms with van der Waals surface area (Å²) in [4.78, 5) is 16.0. The average molecular weight is 479 g/mol. The summed E-state index contributed by atoms with van der Waals surface area (Å²) < 4.78 is 11.4. The largest absolute Gasteiger partial charge is 0.481 e. The zero-order valence-corrected chi connectivity index (χ0v) is 18.8. The summed E-state index contributed by atoms with van der Waals surface area (Å²) in [7, 11) is 0. The number of nitrogen functional groups attached to an aromatic ring is 1. The number of pyridine rings is 1. The van der Waals surface area contributed by atoms with Crippen LogP contribution in [0.25, 0.3) is 17.2 Å². The number of benzene rings is 1. The molecule has 1 heterocycles. The number of nitrogens with zero attached hydrogens (tertiary/aromatic N) is 3. The molecule has 0 spiro atoms. The van der Waals surface area contributed by atoms with Crippen molar-refractivity contribution < 1.29 is 14.3 Å². The first kappa shape index (κ1) is 22.1. The molecule has 0 saturated carbocycles. The van der Waals surface area contributed by atoms with Crippen LogP contribution in [0.4, 0.5) is 5.82 Å².